The van der Waals surface area contributed by atoms with Crippen LogP contribution in [-0.2, 0) is 0 Å². The van der Waals surface area contributed by atoms with E-state index >= 15 is 0 Å². The van der Waals surface area contributed by atoms with Gasteiger partial charge in [0.05, 0.1) is 0 Å². The lowest BCUT2D eigenvalue weighted by Gasteiger charge is -2.30. The predicted octanol–water partition coefficient (Wildman–Crippen LogP) is 4.49. The third-order valence-corrected chi connectivity index (χ3v) is 2.37. The standard InChI is InChI=1S/C11H22F2/c1-9(2)7-6-8-11(12,13)10(3,4)5/h9H,6-8H2,1-5H3. The summed E-state index contributed by atoms with van der Waals surface area (Å²) >= 11 is 0. The maximum absolute atomic E-state index is 13.4. The van der Waals surface area contributed by atoms with Crippen molar-refractivity contribution in [2.24, 2.45) is 11.3 Å². The molecule has 0 amide bonds. The number of hydrogen-bond donors (Lipinski definition) is 0. The normalized spacial score (nSPS) is 13.8. The van der Waals surface area contributed by atoms with Crippen LogP contribution in [-0.4, -0.2) is 5.92 Å². The second-order valence-corrected chi connectivity index (χ2v) is 5.24. The van der Waals surface area contributed by atoms with Crippen LogP contribution in [0.5, 0.6) is 0 Å². The van der Waals surface area contributed by atoms with E-state index in [1.165, 1.54) is 0 Å². The fraction of sp³-hybridized carbons (Fsp3) is 1.00. The van der Waals surface area contributed by atoms with E-state index in [0.717, 1.165) is 6.42 Å². The van der Waals surface area contributed by atoms with Crippen LogP contribution in [0.15, 0.2) is 0 Å². The van der Waals surface area contributed by atoms with E-state index in [0.29, 0.717) is 12.3 Å². The molecule has 0 unspecified atom stereocenters. The van der Waals surface area contributed by atoms with E-state index in [1.807, 2.05) is 0 Å². The summed E-state index contributed by atoms with van der Waals surface area (Å²) in [6.45, 7) is 8.93. The van der Waals surface area contributed by atoms with Gasteiger partial charge in [0.25, 0.3) is 5.92 Å². The van der Waals surface area contributed by atoms with E-state index < -0.39 is 11.3 Å². The van der Waals surface area contributed by atoms with Crippen molar-refractivity contribution in [3.8, 4) is 0 Å². The maximum Gasteiger partial charge on any atom is 0.252 e. The molecule has 0 saturated carbocycles. The first-order chi connectivity index (χ1) is 5.67. The van der Waals surface area contributed by atoms with E-state index in [2.05, 4.69) is 13.8 Å². The Morgan fingerprint density at radius 2 is 1.54 bits per heavy atom. The van der Waals surface area contributed by atoms with E-state index in [-0.39, 0.29) is 6.42 Å². The monoisotopic (exact) mass is 192 g/mol. The predicted molar refractivity (Wildman–Crippen MR) is 53.1 cm³/mol. The topological polar surface area (TPSA) is 0 Å². The van der Waals surface area contributed by atoms with Gasteiger partial charge in [0.2, 0.25) is 0 Å². The second-order valence-electron chi connectivity index (χ2n) is 5.24. The van der Waals surface area contributed by atoms with Gasteiger partial charge in [0.15, 0.2) is 0 Å². The highest BCUT2D eigenvalue weighted by atomic mass is 19.3. The quantitative estimate of drug-likeness (QED) is 0.615. The highest BCUT2D eigenvalue weighted by molar-refractivity contribution is 4.81. The molecule has 0 aromatic rings. The summed E-state index contributed by atoms with van der Waals surface area (Å²) in [7, 11) is 0. The van der Waals surface area contributed by atoms with Gasteiger partial charge in [0, 0.05) is 11.8 Å². The van der Waals surface area contributed by atoms with Crippen molar-refractivity contribution in [1.29, 1.82) is 0 Å². The lowest BCUT2D eigenvalue weighted by molar-refractivity contribution is -0.104. The SMILES string of the molecule is CC(C)CCCC(F)(F)C(C)(C)C. The van der Waals surface area contributed by atoms with Crippen LogP contribution < -0.4 is 0 Å². The average molecular weight is 192 g/mol. The van der Waals surface area contributed by atoms with Crippen LogP contribution in [0.2, 0.25) is 0 Å². The van der Waals surface area contributed by atoms with Gasteiger partial charge in [-0.1, -0.05) is 41.0 Å². The van der Waals surface area contributed by atoms with Crippen molar-refractivity contribution < 1.29 is 8.78 Å². The summed E-state index contributed by atoms with van der Waals surface area (Å²) in [6, 6.07) is 0. The Bertz CT molecular complexity index is 143. The Kier molecular flexibility index (Phi) is 4.34. The first-order valence-corrected chi connectivity index (χ1v) is 5.04. The molecule has 0 aliphatic carbocycles. The minimum Gasteiger partial charge on any atom is -0.206 e. The van der Waals surface area contributed by atoms with Gasteiger partial charge in [-0.2, -0.15) is 0 Å². The molecule has 0 nitrogen and oxygen atoms in total. The highest BCUT2D eigenvalue weighted by Gasteiger charge is 2.41. The number of hydrogen-bond acceptors (Lipinski definition) is 0. The average Bonchev–Trinajstić information content (AvgIpc) is 1.82. The molecule has 0 saturated heterocycles. The molecule has 0 rings (SSSR count). The smallest absolute Gasteiger partial charge is 0.206 e. The maximum atomic E-state index is 13.4. The Balaban J connectivity index is 3.90. The summed E-state index contributed by atoms with van der Waals surface area (Å²) in [5.41, 5.74) is -0.899. The molecule has 0 N–H and O–H groups in total. The lowest BCUT2D eigenvalue weighted by Crippen LogP contribution is -2.33. The summed E-state index contributed by atoms with van der Waals surface area (Å²) in [4.78, 5) is 0. The molecule has 0 aromatic carbocycles. The number of rotatable bonds is 4. The molecule has 2 heteroatoms. The summed E-state index contributed by atoms with van der Waals surface area (Å²) in [5, 5.41) is 0. The lowest BCUT2D eigenvalue weighted by atomic mass is 9.84. The fourth-order valence-electron chi connectivity index (χ4n) is 1.11. The Hall–Kier alpha value is -0.140. The van der Waals surface area contributed by atoms with Crippen molar-refractivity contribution in [3.63, 3.8) is 0 Å². The molecule has 0 radical (unpaired) electrons. The Morgan fingerprint density at radius 3 is 1.85 bits per heavy atom. The molecular weight excluding hydrogens is 170 g/mol. The summed E-state index contributed by atoms with van der Waals surface area (Å²) in [6.07, 6.45) is 1.54. The molecule has 0 bridgehead atoms. The van der Waals surface area contributed by atoms with Crippen LogP contribution >= 0.6 is 0 Å². The fourth-order valence-corrected chi connectivity index (χ4v) is 1.11. The van der Waals surface area contributed by atoms with Crippen LogP contribution in [0.25, 0.3) is 0 Å². The van der Waals surface area contributed by atoms with Gasteiger partial charge in [-0.25, -0.2) is 8.78 Å². The minimum atomic E-state index is -2.53. The van der Waals surface area contributed by atoms with E-state index in [1.54, 1.807) is 20.8 Å². The van der Waals surface area contributed by atoms with Crippen molar-refractivity contribution in [2.75, 3.05) is 0 Å². The van der Waals surface area contributed by atoms with Crippen molar-refractivity contribution in [1.82, 2.24) is 0 Å². The molecule has 0 aromatic heterocycles. The summed E-state index contributed by atoms with van der Waals surface area (Å²) < 4.78 is 26.8. The van der Waals surface area contributed by atoms with Crippen LogP contribution in [0, 0.1) is 11.3 Å². The molecular formula is C11H22F2. The van der Waals surface area contributed by atoms with Crippen LogP contribution in [0.1, 0.15) is 53.9 Å². The molecule has 13 heavy (non-hydrogen) atoms. The largest absolute Gasteiger partial charge is 0.252 e. The summed E-state index contributed by atoms with van der Waals surface area (Å²) in [5.74, 6) is -2.00. The molecule has 80 valence electrons. The van der Waals surface area contributed by atoms with Crippen molar-refractivity contribution in [3.05, 3.63) is 0 Å². The number of halogens is 2. The van der Waals surface area contributed by atoms with Crippen molar-refractivity contribution >= 4 is 0 Å². The van der Waals surface area contributed by atoms with E-state index in [4.69, 9.17) is 0 Å². The van der Waals surface area contributed by atoms with Gasteiger partial charge in [-0.15, -0.1) is 0 Å². The van der Waals surface area contributed by atoms with Gasteiger partial charge in [-0.3, -0.25) is 0 Å². The van der Waals surface area contributed by atoms with Gasteiger partial charge in [0.1, 0.15) is 0 Å². The second kappa shape index (κ2) is 4.39. The first kappa shape index (κ1) is 12.9. The molecule has 0 aliphatic rings. The number of alkyl halides is 2. The Morgan fingerprint density at radius 1 is 1.08 bits per heavy atom. The van der Waals surface area contributed by atoms with Gasteiger partial charge in [-0.05, 0) is 12.3 Å². The van der Waals surface area contributed by atoms with Crippen LogP contribution in [0.3, 0.4) is 0 Å². The van der Waals surface area contributed by atoms with Crippen LogP contribution in [0.4, 0.5) is 8.78 Å². The zero-order valence-electron chi connectivity index (χ0n) is 9.45. The molecule has 0 heterocycles. The minimum absolute atomic E-state index is 0.0225. The van der Waals surface area contributed by atoms with Gasteiger partial charge >= 0.3 is 0 Å². The molecule has 0 atom stereocenters. The third kappa shape index (κ3) is 4.58. The molecule has 0 aliphatic heterocycles. The Labute approximate surface area is 80.7 Å². The third-order valence-electron chi connectivity index (χ3n) is 2.37. The first-order valence-electron chi connectivity index (χ1n) is 5.04. The molecule has 0 spiro atoms. The zero-order chi connectivity index (χ0) is 10.7. The van der Waals surface area contributed by atoms with E-state index in [9.17, 15) is 8.78 Å². The van der Waals surface area contributed by atoms with Gasteiger partial charge < -0.3 is 0 Å². The highest BCUT2D eigenvalue weighted by Crippen LogP contribution is 2.39. The van der Waals surface area contributed by atoms with Crippen molar-refractivity contribution in [2.45, 2.75) is 59.8 Å². The molecule has 0 fully saturated rings. The zero-order valence-corrected chi connectivity index (χ0v) is 9.45.